The average molecular weight is 865 g/mol. The summed E-state index contributed by atoms with van der Waals surface area (Å²) in [5, 5.41) is 9.13. The lowest BCUT2D eigenvalue weighted by Crippen LogP contribution is -2.23. The van der Waals surface area contributed by atoms with Crippen LogP contribution < -0.4 is 9.47 Å². The Kier molecular flexibility index (Phi) is 11.9. The molecule has 0 unspecified atom stereocenters. The topological polar surface area (TPSA) is 160 Å². The molecular weight excluding hydrogens is 823 g/mol. The van der Waals surface area contributed by atoms with Crippen molar-refractivity contribution in [1.82, 2.24) is 58.6 Å². The largest absolute Gasteiger partial charge is 0.479 e. The lowest BCUT2D eigenvalue weighted by molar-refractivity contribution is 0.0388. The molecule has 0 N–H and O–H groups in total. The summed E-state index contributed by atoms with van der Waals surface area (Å²) in [4.78, 5) is 26.9. The van der Waals surface area contributed by atoms with Crippen LogP contribution in [0.25, 0.3) is 35.7 Å². The fourth-order valence-corrected chi connectivity index (χ4v) is 7.23. The Morgan fingerprint density at radius 1 is 0.562 bits per heavy atom. The summed E-state index contributed by atoms with van der Waals surface area (Å²) in [6.45, 7) is 6.09. The zero-order valence-corrected chi connectivity index (χ0v) is 35.3. The van der Waals surface area contributed by atoms with Crippen LogP contribution in [-0.2, 0) is 22.6 Å². The van der Waals surface area contributed by atoms with Crippen molar-refractivity contribution in [3.05, 3.63) is 167 Å². The maximum Gasteiger partial charge on any atom is 0.238 e. The van der Waals surface area contributed by atoms with E-state index in [0.29, 0.717) is 72.7 Å². The van der Waals surface area contributed by atoms with Gasteiger partial charge in [-0.25, -0.2) is 48.0 Å². The van der Waals surface area contributed by atoms with Crippen molar-refractivity contribution in [1.29, 1.82) is 0 Å². The van der Waals surface area contributed by atoms with E-state index in [0.717, 1.165) is 33.9 Å². The molecule has 0 saturated heterocycles. The predicted molar refractivity (Wildman–Crippen MR) is 232 cm³/mol. The van der Waals surface area contributed by atoms with Gasteiger partial charge in [0.1, 0.15) is 35.2 Å². The Bertz CT molecular complexity index is 2760. The Morgan fingerprint density at radius 3 is 1.36 bits per heavy atom. The van der Waals surface area contributed by atoms with Gasteiger partial charge >= 0.3 is 0 Å². The minimum atomic E-state index is -0.380. The van der Waals surface area contributed by atoms with E-state index in [4.69, 9.17) is 18.9 Å². The maximum atomic E-state index is 13.3. The van der Waals surface area contributed by atoms with Crippen LogP contribution in [-0.4, -0.2) is 86.0 Å². The van der Waals surface area contributed by atoms with Crippen molar-refractivity contribution in [3.63, 3.8) is 0 Å². The molecule has 0 radical (unpaired) electrons. The number of methoxy groups -OCH3 is 2. The quantitative estimate of drug-likeness (QED) is 0.136. The highest BCUT2D eigenvalue weighted by Gasteiger charge is 2.27. The Hall–Kier alpha value is -7.70. The van der Waals surface area contributed by atoms with Gasteiger partial charge in [-0.2, -0.15) is 10.2 Å². The van der Waals surface area contributed by atoms with E-state index < -0.39 is 0 Å². The van der Waals surface area contributed by atoms with Crippen LogP contribution in [0, 0.1) is 25.5 Å². The molecular formula is C46H42F2N12O4. The van der Waals surface area contributed by atoms with E-state index in [-0.39, 0.29) is 23.8 Å². The van der Waals surface area contributed by atoms with Gasteiger partial charge in [0.15, 0.2) is 23.3 Å². The van der Waals surface area contributed by atoms with Crippen molar-refractivity contribution < 1.29 is 27.7 Å². The highest BCUT2D eigenvalue weighted by Crippen LogP contribution is 2.30. The van der Waals surface area contributed by atoms with Crippen LogP contribution in [0.5, 0.6) is 11.8 Å². The molecule has 2 aliphatic rings. The molecule has 2 aliphatic heterocycles. The number of pyridine rings is 2. The summed E-state index contributed by atoms with van der Waals surface area (Å²) in [6, 6.07) is 20.1. The number of ether oxygens (including phenoxy) is 4. The Morgan fingerprint density at radius 2 is 0.984 bits per heavy atom. The van der Waals surface area contributed by atoms with E-state index in [1.165, 1.54) is 24.3 Å². The molecule has 0 amide bonds. The summed E-state index contributed by atoms with van der Waals surface area (Å²) in [5.41, 5.74) is 6.53. The van der Waals surface area contributed by atoms with Crippen molar-refractivity contribution in [3.8, 4) is 23.1 Å². The van der Waals surface area contributed by atoms with Crippen LogP contribution >= 0.6 is 0 Å². The number of halogens is 2. The van der Waals surface area contributed by atoms with Gasteiger partial charge in [0, 0.05) is 12.4 Å². The van der Waals surface area contributed by atoms with Crippen molar-refractivity contribution in [2.24, 2.45) is 0 Å². The lowest BCUT2D eigenvalue weighted by atomic mass is 10.1. The average Bonchev–Trinajstić information content (AvgIpc) is 4.15. The van der Waals surface area contributed by atoms with Gasteiger partial charge in [0.2, 0.25) is 11.8 Å². The molecule has 8 aromatic rings. The number of aryl methyl sites for hydroxylation is 2. The first kappa shape index (κ1) is 41.6. The number of hydrogen-bond acceptors (Lipinski definition) is 12. The Labute approximate surface area is 366 Å². The van der Waals surface area contributed by atoms with Gasteiger partial charge < -0.3 is 28.1 Å². The van der Waals surface area contributed by atoms with Gasteiger partial charge in [0.05, 0.1) is 76.0 Å². The first-order valence-electron chi connectivity index (χ1n) is 20.3. The highest BCUT2D eigenvalue weighted by atomic mass is 19.1. The third-order valence-electron chi connectivity index (χ3n) is 10.3. The van der Waals surface area contributed by atoms with Gasteiger partial charge in [0.25, 0.3) is 0 Å². The monoisotopic (exact) mass is 864 g/mol. The molecule has 18 heteroatoms. The van der Waals surface area contributed by atoms with E-state index in [1.807, 2.05) is 81.2 Å². The summed E-state index contributed by atoms with van der Waals surface area (Å²) in [5.74, 6) is 2.90. The first-order chi connectivity index (χ1) is 31.2. The molecule has 6 aromatic heterocycles. The van der Waals surface area contributed by atoms with Crippen molar-refractivity contribution in [2.75, 3.05) is 27.4 Å². The minimum absolute atomic E-state index is 0.285. The molecule has 0 saturated carbocycles. The molecule has 0 fully saturated rings. The molecule has 64 heavy (non-hydrogen) atoms. The molecule has 10 rings (SSSR count). The van der Waals surface area contributed by atoms with Crippen LogP contribution in [0.2, 0.25) is 0 Å². The molecule has 16 nitrogen and oxygen atoms in total. The van der Waals surface area contributed by atoms with E-state index in [9.17, 15) is 8.78 Å². The van der Waals surface area contributed by atoms with Gasteiger partial charge in [-0.05, 0) is 97.8 Å². The third-order valence-corrected chi connectivity index (χ3v) is 10.3. The smallest absolute Gasteiger partial charge is 0.238 e. The van der Waals surface area contributed by atoms with Crippen LogP contribution in [0.1, 0.15) is 69.4 Å². The van der Waals surface area contributed by atoms with E-state index >= 15 is 0 Å². The fourth-order valence-electron chi connectivity index (χ4n) is 7.23. The highest BCUT2D eigenvalue weighted by molar-refractivity contribution is 5.66. The summed E-state index contributed by atoms with van der Waals surface area (Å²) in [7, 11) is 3.17. The van der Waals surface area contributed by atoms with Crippen molar-refractivity contribution in [2.45, 2.75) is 39.1 Å². The molecule has 0 bridgehead atoms. The molecule has 0 spiro atoms. The number of hydrogen-bond donors (Lipinski definition) is 0. The molecule has 324 valence electrons. The van der Waals surface area contributed by atoms with Gasteiger partial charge in [-0.15, -0.1) is 0 Å². The first-order valence-corrected chi connectivity index (χ1v) is 20.3. The molecule has 2 atom stereocenters. The minimum Gasteiger partial charge on any atom is -0.479 e. The number of aromatic nitrogens is 12. The second-order valence-corrected chi connectivity index (χ2v) is 14.7. The normalized spacial score (nSPS) is 15.8. The zero-order chi connectivity index (χ0) is 44.2. The van der Waals surface area contributed by atoms with Crippen LogP contribution in [0.15, 0.2) is 97.8 Å². The summed E-state index contributed by atoms with van der Waals surface area (Å²) in [6.07, 6.45) is 13.8. The zero-order valence-electron chi connectivity index (χ0n) is 35.3. The van der Waals surface area contributed by atoms with E-state index in [2.05, 4.69) is 40.1 Å². The summed E-state index contributed by atoms with van der Waals surface area (Å²) >= 11 is 0. The van der Waals surface area contributed by atoms with Crippen molar-refractivity contribution >= 4 is 24.3 Å². The third kappa shape index (κ3) is 9.09. The second kappa shape index (κ2) is 18.3. The van der Waals surface area contributed by atoms with Gasteiger partial charge in [-0.1, -0.05) is 24.3 Å². The molecule has 0 aliphatic carbocycles. The second-order valence-electron chi connectivity index (χ2n) is 14.7. The maximum absolute atomic E-state index is 13.3. The van der Waals surface area contributed by atoms with Gasteiger partial charge in [-0.3, -0.25) is 0 Å². The number of benzene rings is 2. The fraction of sp³-hybridized carbons (Fsp3) is 0.217. The SMILES string of the molecule is COc1nc(/C=C/c2nc3n(n2)CCO[C@@H]3c2ccc(F)cc2)ccc1-n1cnc(C)c1.COc1nc(/C=C/c2nc3n(n2)CCO[C@H]3c2ccc(F)cc2)ccc1-n1cnc(C)c1. The number of fused-ring (bicyclic) bond motifs is 2. The predicted octanol–water partition coefficient (Wildman–Crippen LogP) is 7.21. The number of imidazole rings is 2. The Balaban J connectivity index is 0.000000162. The van der Waals surface area contributed by atoms with E-state index in [1.54, 1.807) is 63.3 Å². The molecule has 2 aromatic carbocycles. The molecule has 8 heterocycles. The number of nitrogens with zero attached hydrogens (tertiary/aromatic N) is 12. The van der Waals surface area contributed by atoms with Crippen LogP contribution in [0.4, 0.5) is 8.78 Å². The standard InChI is InChI=1S/2C23H21FN6O2/c2*1-15-13-29(14-25-15)19-9-7-18(26-23(19)31-2)8-10-20-27-22-21(32-12-11-30(22)28-20)16-3-5-17(24)6-4-16/h2*3-10,13-14,21H,11-12H2,1-2H3/b2*10-8+/t2*21-/m10/s1. The van der Waals surface area contributed by atoms with Crippen LogP contribution in [0.3, 0.4) is 0 Å². The summed E-state index contributed by atoms with van der Waals surface area (Å²) < 4.78 is 56.7. The lowest BCUT2D eigenvalue weighted by Gasteiger charge is -2.23. The number of rotatable bonds is 10.